The van der Waals surface area contributed by atoms with E-state index in [1.165, 1.54) is 10.9 Å². The fraction of sp³-hybridized carbons (Fsp3) is 0.128. The lowest BCUT2D eigenvalue weighted by atomic mass is 9.88. The van der Waals surface area contributed by atoms with Crippen LogP contribution in [-0.4, -0.2) is 18.7 Å². The van der Waals surface area contributed by atoms with Crippen molar-refractivity contribution in [3.63, 3.8) is 0 Å². The second kappa shape index (κ2) is 10.2. The molecule has 45 heavy (non-hydrogen) atoms. The zero-order chi connectivity index (χ0) is 30.7. The molecule has 6 heteroatoms. The van der Waals surface area contributed by atoms with E-state index >= 15 is 0 Å². The van der Waals surface area contributed by atoms with Gasteiger partial charge in [0.1, 0.15) is 35.4 Å². The minimum atomic E-state index is -0.0200. The Labute approximate surface area is 262 Å². The first kappa shape index (κ1) is 27.0. The second-order valence-corrected chi connectivity index (χ2v) is 12.6. The molecule has 0 radical (unpaired) electrons. The van der Waals surface area contributed by atoms with Gasteiger partial charge in [-0.1, -0.05) is 63.2 Å². The molecular formula is C39H34N5O+. The summed E-state index contributed by atoms with van der Waals surface area (Å²) in [6.07, 6.45) is 8.02. The van der Waals surface area contributed by atoms with Crippen molar-refractivity contribution in [1.82, 2.24) is 18.7 Å². The number of pyridine rings is 1. The summed E-state index contributed by atoms with van der Waals surface area (Å²) in [4.78, 5) is 4.95. The molecule has 0 aliphatic heterocycles. The minimum Gasteiger partial charge on any atom is -0.457 e. The number of nitrogens with zero attached hydrogens (tertiary/aromatic N) is 5. The quantitative estimate of drug-likeness (QED) is 0.189. The van der Waals surface area contributed by atoms with Gasteiger partial charge in [-0.05, 0) is 65.6 Å². The van der Waals surface area contributed by atoms with Gasteiger partial charge in [0.25, 0.3) is 0 Å². The summed E-state index contributed by atoms with van der Waals surface area (Å²) in [6.45, 7) is 6.72. The minimum absolute atomic E-state index is 0.0200. The molecule has 6 nitrogen and oxygen atoms in total. The Bertz CT molecular complexity index is 2350. The Morgan fingerprint density at radius 2 is 1.40 bits per heavy atom. The van der Waals surface area contributed by atoms with Crippen LogP contribution in [0.25, 0.3) is 50.0 Å². The maximum Gasteiger partial charge on any atom is 0.248 e. The molecule has 0 aliphatic rings. The van der Waals surface area contributed by atoms with Gasteiger partial charge in [-0.3, -0.25) is 4.57 Å². The summed E-state index contributed by atoms with van der Waals surface area (Å²) in [5, 5.41) is 2.31. The molecular weight excluding hydrogens is 554 g/mol. The Balaban J connectivity index is 1.38. The molecule has 0 unspecified atom stereocenters. The molecule has 4 heterocycles. The topological polar surface area (TPSA) is 40.8 Å². The van der Waals surface area contributed by atoms with Crippen molar-refractivity contribution in [2.45, 2.75) is 26.2 Å². The SMILES string of the molecule is C[n+]1ccn(-c2cccc(Oc3ccc4c(c3)n(-c3cc(C(C)(C)C)ccn3)c3c5ccccc5n(-c5ccccc5)c43)c2)c1. The van der Waals surface area contributed by atoms with Crippen molar-refractivity contribution in [3.05, 3.63) is 140 Å². The summed E-state index contributed by atoms with van der Waals surface area (Å²) >= 11 is 0. The highest BCUT2D eigenvalue weighted by Crippen LogP contribution is 2.42. The van der Waals surface area contributed by atoms with Crippen LogP contribution in [0.5, 0.6) is 11.5 Å². The van der Waals surface area contributed by atoms with Crippen molar-refractivity contribution in [2.24, 2.45) is 7.05 Å². The molecule has 220 valence electrons. The van der Waals surface area contributed by atoms with E-state index < -0.39 is 0 Å². The average Bonchev–Trinajstić information content (AvgIpc) is 3.73. The first-order chi connectivity index (χ1) is 21.8. The molecule has 0 spiro atoms. The number of hydrogen-bond donors (Lipinski definition) is 0. The van der Waals surface area contributed by atoms with E-state index in [9.17, 15) is 0 Å². The summed E-state index contributed by atoms with van der Waals surface area (Å²) < 4.78 is 15.3. The van der Waals surface area contributed by atoms with E-state index in [0.29, 0.717) is 0 Å². The molecule has 0 saturated heterocycles. The molecule has 4 aromatic heterocycles. The van der Waals surface area contributed by atoms with Gasteiger partial charge in [0, 0.05) is 34.8 Å². The molecule has 8 rings (SSSR count). The Kier molecular flexibility index (Phi) is 6.13. The Morgan fingerprint density at radius 3 is 2.20 bits per heavy atom. The highest BCUT2D eigenvalue weighted by atomic mass is 16.5. The summed E-state index contributed by atoms with van der Waals surface area (Å²) in [6, 6.07) is 38.1. The van der Waals surface area contributed by atoms with Gasteiger partial charge in [-0.25, -0.2) is 14.1 Å². The lowest BCUT2D eigenvalue weighted by Crippen LogP contribution is -2.23. The van der Waals surface area contributed by atoms with E-state index in [-0.39, 0.29) is 5.41 Å². The number of rotatable bonds is 5. The predicted molar refractivity (Wildman–Crippen MR) is 181 cm³/mol. The molecule has 0 amide bonds. The second-order valence-electron chi connectivity index (χ2n) is 12.6. The van der Waals surface area contributed by atoms with Crippen LogP contribution in [0.4, 0.5) is 0 Å². The monoisotopic (exact) mass is 588 g/mol. The lowest BCUT2D eigenvalue weighted by molar-refractivity contribution is -0.670. The Morgan fingerprint density at radius 1 is 0.667 bits per heavy atom. The van der Waals surface area contributed by atoms with Crippen LogP contribution >= 0.6 is 0 Å². The maximum atomic E-state index is 6.54. The fourth-order valence-electron chi connectivity index (χ4n) is 6.31. The number of fused-ring (bicyclic) bond motifs is 5. The summed E-state index contributed by atoms with van der Waals surface area (Å²) in [5.41, 5.74) is 7.85. The molecule has 0 aliphatic carbocycles. The smallest absolute Gasteiger partial charge is 0.248 e. The van der Waals surface area contributed by atoms with Gasteiger partial charge in [0.15, 0.2) is 0 Å². The third-order valence-electron chi connectivity index (χ3n) is 8.51. The van der Waals surface area contributed by atoms with E-state index in [0.717, 1.165) is 56.1 Å². The van der Waals surface area contributed by atoms with Crippen molar-refractivity contribution in [3.8, 4) is 28.7 Å². The van der Waals surface area contributed by atoms with Gasteiger partial charge in [0.05, 0.1) is 29.1 Å². The van der Waals surface area contributed by atoms with Crippen LogP contribution in [0.1, 0.15) is 26.3 Å². The highest BCUT2D eigenvalue weighted by molar-refractivity contribution is 6.20. The van der Waals surface area contributed by atoms with Crippen LogP contribution in [0.2, 0.25) is 0 Å². The number of para-hydroxylation sites is 2. The van der Waals surface area contributed by atoms with Crippen LogP contribution in [0.3, 0.4) is 0 Å². The van der Waals surface area contributed by atoms with Crippen LogP contribution < -0.4 is 9.30 Å². The zero-order valence-corrected chi connectivity index (χ0v) is 25.8. The molecule has 8 aromatic rings. The van der Waals surface area contributed by atoms with Crippen molar-refractivity contribution in [2.75, 3.05) is 0 Å². The van der Waals surface area contributed by atoms with E-state index in [1.807, 2.05) is 48.7 Å². The molecule has 0 bridgehead atoms. The standard InChI is InChI=1S/C39H34N5O/c1-39(2,3)27-19-20-40-36(23-27)44-35-25-31(45-30-14-10-13-29(24-30)42-22-21-41(4)26-42)17-18-33(35)37-38(44)32-15-8-9-16-34(32)43(37)28-11-6-5-7-12-28/h5-26H,1-4H3/q+1. The molecule has 0 saturated carbocycles. The number of aryl methyl sites for hydroxylation is 1. The third-order valence-corrected chi connectivity index (χ3v) is 8.51. The number of aromatic nitrogens is 5. The van der Waals surface area contributed by atoms with Crippen molar-refractivity contribution < 1.29 is 9.30 Å². The maximum absolute atomic E-state index is 6.54. The number of hydrogen-bond acceptors (Lipinski definition) is 2. The first-order valence-corrected chi connectivity index (χ1v) is 15.3. The van der Waals surface area contributed by atoms with E-state index in [1.54, 1.807) is 0 Å². The van der Waals surface area contributed by atoms with Crippen LogP contribution in [-0.2, 0) is 12.5 Å². The van der Waals surface area contributed by atoms with Crippen molar-refractivity contribution in [1.29, 1.82) is 0 Å². The van der Waals surface area contributed by atoms with Crippen molar-refractivity contribution >= 4 is 32.8 Å². The van der Waals surface area contributed by atoms with Gasteiger partial charge < -0.3 is 9.30 Å². The third kappa shape index (κ3) is 4.57. The summed E-state index contributed by atoms with van der Waals surface area (Å²) in [7, 11) is 2.02. The largest absolute Gasteiger partial charge is 0.457 e. The molecule has 0 N–H and O–H groups in total. The summed E-state index contributed by atoms with van der Waals surface area (Å²) in [5.74, 6) is 2.43. The average molecular weight is 589 g/mol. The van der Waals surface area contributed by atoms with Gasteiger partial charge in [-0.2, -0.15) is 0 Å². The number of imidazole rings is 1. The van der Waals surface area contributed by atoms with E-state index in [4.69, 9.17) is 9.72 Å². The molecule has 0 fully saturated rings. The number of ether oxygens (including phenoxy) is 1. The highest BCUT2D eigenvalue weighted by Gasteiger charge is 2.24. The van der Waals surface area contributed by atoms with Crippen LogP contribution in [0, 0.1) is 0 Å². The van der Waals surface area contributed by atoms with Crippen LogP contribution in [0.15, 0.2) is 134 Å². The molecule has 4 aromatic carbocycles. The normalized spacial score (nSPS) is 12.0. The molecule has 0 atom stereocenters. The van der Waals surface area contributed by atoms with E-state index in [2.05, 4.69) is 132 Å². The first-order valence-electron chi connectivity index (χ1n) is 15.3. The van der Waals surface area contributed by atoms with Gasteiger partial charge >= 0.3 is 0 Å². The van der Waals surface area contributed by atoms with Gasteiger partial charge in [-0.15, -0.1) is 0 Å². The Hall–Kier alpha value is -5.62. The number of benzene rings is 4. The zero-order valence-electron chi connectivity index (χ0n) is 25.8. The lowest BCUT2D eigenvalue weighted by Gasteiger charge is -2.20. The predicted octanol–water partition coefficient (Wildman–Crippen LogP) is 8.83. The van der Waals surface area contributed by atoms with Gasteiger partial charge in [0.2, 0.25) is 6.33 Å². The fourth-order valence-corrected chi connectivity index (χ4v) is 6.31.